The Kier molecular flexibility index (Phi) is 9.03. The molecule has 0 heterocycles. The number of amides is 2. The van der Waals surface area contributed by atoms with Crippen LogP contribution < -0.4 is 20.2 Å². The Balaban J connectivity index is 2.04. The van der Waals surface area contributed by atoms with Gasteiger partial charge < -0.3 is 19.9 Å². The summed E-state index contributed by atoms with van der Waals surface area (Å²) in [5.41, 5.74) is 3.26. The predicted octanol–water partition coefficient (Wildman–Crippen LogP) is 2.72. The zero-order chi connectivity index (χ0) is 23.7. The number of hydrogen-bond donors (Lipinski definition) is 3. The monoisotopic (exact) mass is 461 g/mol. The van der Waals surface area contributed by atoms with Crippen molar-refractivity contribution in [3.05, 3.63) is 58.6 Å². The van der Waals surface area contributed by atoms with E-state index in [1.807, 2.05) is 0 Å². The van der Waals surface area contributed by atoms with E-state index in [0.717, 1.165) is 0 Å². The molecule has 2 amide bonds. The van der Waals surface area contributed by atoms with E-state index in [-0.39, 0.29) is 22.3 Å². The number of benzene rings is 2. The molecule has 0 spiro atoms. The topological polar surface area (TPSA) is 126 Å². The van der Waals surface area contributed by atoms with Crippen molar-refractivity contribution < 1.29 is 29.0 Å². The molecule has 9 nitrogen and oxygen atoms in total. The molecule has 3 N–H and O–H groups in total. The third kappa shape index (κ3) is 6.98. The van der Waals surface area contributed by atoms with Gasteiger partial charge in [-0.2, -0.15) is 5.10 Å². The number of nitrogens with zero attached hydrogens (tertiary/aromatic N) is 1. The third-order valence-electron chi connectivity index (χ3n) is 4.28. The van der Waals surface area contributed by atoms with Crippen molar-refractivity contribution in [1.82, 2.24) is 10.7 Å². The number of ether oxygens (including phenoxy) is 2. The lowest BCUT2D eigenvalue weighted by molar-refractivity contribution is -0.139. The van der Waals surface area contributed by atoms with Gasteiger partial charge in [0, 0.05) is 0 Å². The van der Waals surface area contributed by atoms with Crippen LogP contribution in [0.2, 0.25) is 5.02 Å². The average molecular weight is 462 g/mol. The first-order valence-corrected chi connectivity index (χ1v) is 10.0. The zero-order valence-electron chi connectivity index (χ0n) is 17.8. The molecule has 10 heteroatoms. The molecule has 0 fully saturated rings. The van der Waals surface area contributed by atoms with E-state index in [9.17, 15) is 14.4 Å². The SMILES string of the molecule is COc1cc(/C=N/NC(=O)C(NC(=O)c2ccccc2Cl)C(C)C)ccc1OCC(=O)O. The Hall–Kier alpha value is -3.59. The van der Waals surface area contributed by atoms with Crippen LogP contribution in [-0.4, -0.2) is 48.9 Å². The summed E-state index contributed by atoms with van der Waals surface area (Å²) in [4.78, 5) is 35.7. The fraction of sp³-hybridized carbons (Fsp3) is 0.273. The van der Waals surface area contributed by atoms with Gasteiger partial charge >= 0.3 is 5.97 Å². The number of hydrazone groups is 1. The van der Waals surface area contributed by atoms with Gasteiger partial charge in [-0.15, -0.1) is 0 Å². The number of aliphatic carboxylic acids is 1. The number of halogens is 1. The molecular weight excluding hydrogens is 438 g/mol. The van der Waals surface area contributed by atoms with Gasteiger partial charge in [-0.1, -0.05) is 37.6 Å². The molecule has 32 heavy (non-hydrogen) atoms. The van der Waals surface area contributed by atoms with Crippen LogP contribution in [0.4, 0.5) is 0 Å². The summed E-state index contributed by atoms with van der Waals surface area (Å²) in [6.45, 7) is 3.08. The van der Waals surface area contributed by atoms with Crippen LogP contribution in [0.5, 0.6) is 11.5 Å². The number of methoxy groups -OCH3 is 1. The van der Waals surface area contributed by atoms with Crippen LogP contribution >= 0.6 is 11.6 Å². The van der Waals surface area contributed by atoms with E-state index in [2.05, 4.69) is 15.8 Å². The molecule has 2 rings (SSSR count). The van der Waals surface area contributed by atoms with Gasteiger partial charge in [-0.05, 0) is 41.8 Å². The maximum absolute atomic E-state index is 12.6. The van der Waals surface area contributed by atoms with Crippen molar-refractivity contribution in [3.8, 4) is 11.5 Å². The first kappa shape index (κ1) is 24.7. The summed E-state index contributed by atoms with van der Waals surface area (Å²) in [5, 5.41) is 15.6. The summed E-state index contributed by atoms with van der Waals surface area (Å²) in [5.74, 6) is -1.70. The van der Waals surface area contributed by atoms with Crippen LogP contribution in [0.15, 0.2) is 47.6 Å². The second-order valence-corrected chi connectivity index (χ2v) is 7.41. The fourth-order valence-electron chi connectivity index (χ4n) is 2.66. The van der Waals surface area contributed by atoms with E-state index >= 15 is 0 Å². The molecule has 1 unspecified atom stereocenters. The van der Waals surface area contributed by atoms with Crippen molar-refractivity contribution in [2.24, 2.45) is 11.0 Å². The highest BCUT2D eigenvalue weighted by molar-refractivity contribution is 6.33. The summed E-state index contributed by atoms with van der Waals surface area (Å²) in [6, 6.07) is 10.4. The number of nitrogens with one attached hydrogen (secondary N) is 2. The van der Waals surface area contributed by atoms with Crippen molar-refractivity contribution >= 4 is 35.6 Å². The van der Waals surface area contributed by atoms with Crippen molar-refractivity contribution in [2.75, 3.05) is 13.7 Å². The number of carboxylic acid groups (broad SMARTS) is 1. The number of rotatable bonds is 10. The lowest BCUT2D eigenvalue weighted by atomic mass is 10.0. The van der Waals surface area contributed by atoms with E-state index in [1.165, 1.54) is 19.4 Å². The Morgan fingerprint density at radius 2 is 1.88 bits per heavy atom. The highest BCUT2D eigenvalue weighted by Crippen LogP contribution is 2.27. The number of carboxylic acids is 1. The quantitative estimate of drug-likeness (QED) is 0.369. The highest BCUT2D eigenvalue weighted by Gasteiger charge is 2.25. The van der Waals surface area contributed by atoms with Gasteiger partial charge in [0.25, 0.3) is 11.8 Å². The van der Waals surface area contributed by atoms with Crippen molar-refractivity contribution in [1.29, 1.82) is 0 Å². The number of carbonyl (C=O) groups excluding carboxylic acids is 2. The normalized spacial score (nSPS) is 11.8. The summed E-state index contributed by atoms with van der Waals surface area (Å²) < 4.78 is 10.3. The smallest absolute Gasteiger partial charge is 0.341 e. The van der Waals surface area contributed by atoms with Crippen LogP contribution in [0, 0.1) is 5.92 Å². The molecule has 0 aliphatic carbocycles. The van der Waals surface area contributed by atoms with Gasteiger partial charge in [0.05, 0.1) is 23.9 Å². The molecule has 2 aromatic rings. The largest absolute Gasteiger partial charge is 0.493 e. The Morgan fingerprint density at radius 3 is 2.50 bits per heavy atom. The lowest BCUT2D eigenvalue weighted by Crippen LogP contribution is -2.48. The van der Waals surface area contributed by atoms with E-state index in [0.29, 0.717) is 11.3 Å². The zero-order valence-corrected chi connectivity index (χ0v) is 18.6. The predicted molar refractivity (Wildman–Crippen MR) is 119 cm³/mol. The van der Waals surface area contributed by atoms with Crippen LogP contribution in [0.25, 0.3) is 0 Å². The number of hydrogen-bond acceptors (Lipinski definition) is 6. The average Bonchev–Trinajstić information content (AvgIpc) is 2.76. The third-order valence-corrected chi connectivity index (χ3v) is 4.61. The Morgan fingerprint density at radius 1 is 1.16 bits per heavy atom. The molecular formula is C22H24ClN3O6. The maximum atomic E-state index is 12.6. The first-order valence-electron chi connectivity index (χ1n) is 9.63. The molecule has 0 bridgehead atoms. The second-order valence-electron chi connectivity index (χ2n) is 7.00. The molecule has 0 aliphatic heterocycles. The maximum Gasteiger partial charge on any atom is 0.341 e. The molecule has 0 aliphatic rings. The van der Waals surface area contributed by atoms with E-state index in [1.54, 1.807) is 50.2 Å². The minimum Gasteiger partial charge on any atom is -0.493 e. The van der Waals surface area contributed by atoms with Crippen LogP contribution in [0.3, 0.4) is 0 Å². The lowest BCUT2D eigenvalue weighted by Gasteiger charge is -2.20. The summed E-state index contributed by atoms with van der Waals surface area (Å²) >= 11 is 6.05. The molecule has 0 saturated carbocycles. The molecule has 0 radical (unpaired) electrons. The van der Waals surface area contributed by atoms with E-state index < -0.39 is 30.4 Å². The van der Waals surface area contributed by atoms with Gasteiger partial charge in [-0.3, -0.25) is 9.59 Å². The van der Waals surface area contributed by atoms with Gasteiger partial charge in [0.15, 0.2) is 18.1 Å². The summed E-state index contributed by atoms with van der Waals surface area (Å²) in [6.07, 6.45) is 1.38. The van der Waals surface area contributed by atoms with Gasteiger partial charge in [-0.25, -0.2) is 10.2 Å². The molecule has 170 valence electrons. The minimum absolute atomic E-state index is 0.206. The van der Waals surface area contributed by atoms with E-state index in [4.69, 9.17) is 26.2 Å². The fourth-order valence-corrected chi connectivity index (χ4v) is 2.88. The standard InChI is InChI=1S/C22H24ClN3O6/c1-13(2)20(25-21(29)15-6-4-5-7-16(15)23)22(30)26-24-11-14-8-9-17(18(10-14)31-3)32-12-19(27)28/h4-11,13,20H,12H2,1-3H3,(H,25,29)(H,26,30)(H,27,28)/b24-11+. The Labute approximate surface area is 190 Å². The summed E-state index contributed by atoms with van der Waals surface area (Å²) in [7, 11) is 1.42. The minimum atomic E-state index is -1.11. The van der Waals surface area contributed by atoms with Crippen molar-refractivity contribution in [3.63, 3.8) is 0 Å². The van der Waals surface area contributed by atoms with Gasteiger partial charge in [0.2, 0.25) is 0 Å². The van der Waals surface area contributed by atoms with Crippen molar-refractivity contribution in [2.45, 2.75) is 19.9 Å². The van der Waals surface area contributed by atoms with Crippen LogP contribution in [0.1, 0.15) is 29.8 Å². The molecule has 1 atom stereocenters. The molecule has 2 aromatic carbocycles. The second kappa shape index (κ2) is 11.7. The van der Waals surface area contributed by atoms with Crippen LogP contribution in [-0.2, 0) is 9.59 Å². The Bertz CT molecular complexity index is 1010. The highest BCUT2D eigenvalue weighted by atomic mass is 35.5. The molecule has 0 saturated heterocycles. The molecule has 0 aromatic heterocycles. The first-order chi connectivity index (χ1) is 15.2. The van der Waals surface area contributed by atoms with Gasteiger partial charge in [0.1, 0.15) is 6.04 Å². The number of carbonyl (C=O) groups is 3.